The SMILES string of the molecule is CC(=O)OC[C@H]1OC(OC(C)=O)[C@H](I)[C@@H](OC(=O)c2ccccc2)[C@@H]1O. The van der Waals surface area contributed by atoms with Gasteiger partial charge in [0.25, 0.3) is 0 Å². The lowest BCUT2D eigenvalue weighted by atomic mass is 10.0. The monoisotopic (exact) mass is 478 g/mol. The molecule has 1 N–H and O–H groups in total. The summed E-state index contributed by atoms with van der Waals surface area (Å²) in [5.74, 6) is -1.78. The summed E-state index contributed by atoms with van der Waals surface area (Å²) in [6.07, 6.45) is -4.37. The fraction of sp³-hybridized carbons (Fsp3) is 0.471. The molecule has 1 aliphatic rings. The Morgan fingerprint density at radius 2 is 1.77 bits per heavy atom. The molecule has 0 spiro atoms. The molecule has 1 aromatic carbocycles. The summed E-state index contributed by atoms with van der Waals surface area (Å²) in [7, 11) is 0. The van der Waals surface area contributed by atoms with Gasteiger partial charge in [0.1, 0.15) is 28.8 Å². The molecule has 1 heterocycles. The van der Waals surface area contributed by atoms with Crippen LogP contribution in [-0.4, -0.2) is 58.1 Å². The Kier molecular flexibility index (Phi) is 7.35. The normalized spacial score (nSPS) is 28.1. The molecule has 0 saturated carbocycles. The number of alkyl halides is 1. The number of carbonyl (C=O) groups excluding carboxylic acids is 3. The second-order valence-corrected chi connectivity index (χ2v) is 7.06. The average Bonchev–Trinajstić information content (AvgIpc) is 2.60. The van der Waals surface area contributed by atoms with E-state index in [0.717, 1.165) is 0 Å². The van der Waals surface area contributed by atoms with E-state index in [0.29, 0.717) is 5.56 Å². The summed E-state index contributed by atoms with van der Waals surface area (Å²) in [5.41, 5.74) is 0.315. The van der Waals surface area contributed by atoms with Gasteiger partial charge in [-0.3, -0.25) is 9.59 Å². The summed E-state index contributed by atoms with van der Waals surface area (Å²) < 4.78 is 20.3. The van der Waals surface area contributed by atoms with E-state index in [1.807, 2.05) is 22.6 Å². The molecular weight excluding hydrogens is 459 g/mol. The average molecular weight is 478 g/mol. The van der Waals surface area contributed by atoms with Gasteiger partial charge in [0.15, 0.2) is 0 Å². The molecule has 8 nitrogen and oxygen atoms in total. The number of hydrogen-bond acceptors (Lipinski definition) is 8. The molecule has 0 aliphatic carbocycles. The molecule has 9 heteroatoms. The third-order valence-corrected chi connectivity index (χ3v) is 4.88. The summed E-state index contributed by atoms with van der Waals surface area (Å²) in [4.78, 5) is 34.7. The number of aliphatic hydroxyl groups excluding tert-OH is 1. The van der Waals surface area contributed by atoms with Crippen LogP contribution in [0.1, 0.15) is 24.2 Å². The predicted molar refractivity (Wildman–Crippen MR) is 96.5 cm³/mol. The Balaban J connectivity index is 2.17. The van der Waals surface area contributed by atoms with Crippen LogP contribution in [-0.2, 0) is 28.5 Å². The zero-order chi connectivity index (χ0) is 19.3. The smallest absolute Gasteiger partial charge is 0.338 e. The highest BCUT2D eigenvalue weighted by Gasteiger charge is 2.48. The Morgan fingerprint density at radius 3 is 2.35 bits per heavy atom. The van der Waals surface area contributed by atoms with Crippen molar-refractivity contribution >= 4 is 40.5 Å². The minimum absolute atomic E-state index is 0.267. The van der Waals surface area contributed by atoms with E-state index in [2.05, 4.69) is 0 Å². The first-order valence-electron chi connectivity index (χ1n) is 7.83. The van der Waals surface area contributed by atoms with Crippen molar-refractivity contribution < 1.29 is 38.4 Å². The second kappa shape index (κ2) is 9.28. The lowest BCUT2D eigenvalue weighted by molar-refractivity contribution is -0.245. The van der Waals surface area contributed by atoms with E-state index in [1.54, 1.807) is 30.3 Å². The highest BCUT2D eigenvalue weighted by molar-refractivity contribution is 14.1. The standard InChI is InChI=1S/C17H19IO8/c1-9(19)23-8-12-14(21)15(13(18)17(25-12)24-10(2)20)26-16(22)11-6-4-3-5-7-11/h3-7,12-15,17,21H,8H2,1-2H3/t12-,13-,14-,15-,17?/m1/s1. The fourth-order valence-corrected chi connectivity index (χ4v) is 3.27. The molecular formula is C17H19IO8. The molecule has 1 aromatic rings. The van der Waals surface area contributed by atoms with Gasteiger partial charge in [0.05, 0.1) is 5.56 Å². The van der Waals surface area contributed by atoms with Gasteiger partial charge in [-0.05, 0) is 12.1 Å². The van der Waals surface area contributed by atoms with Gasteiger partial charge in [-0.1, -0.05) is 40.8 Å². The van der Waals surface area contributed by atoms with Crippen LogP contribution in [0.2, 0.25) is 0 Å². The maximum absolute atomic E-state index is 12.3. The summed E-state index contributed by atoms with van der Waals surface area (Å²) >= 11 is 1.89. The van der Waals surface area contributed by atoms with Gasteiger partial charge < -0.3 is 24.1 Å². The quantitative estimate of drug-likeness (QED) is 0.292. The molecule has 0 amide bonds. The molecule has 1 saturated heterocycles. The van der Waals surface area contributed by atoms with Gasteiger partial charge in [-0.2, -0.15) is 0 Å². The molecule has 1 fully saturated rings. The number of rotatable bonds is 5. The fourth-order valence-electron chi connectivity index (χ4n) is 2.38. The Morgan fingerprint density at radius 1 is 1.12 bits per heavy atom. The minimum atomic E-state index is -1.27. The number of benzene rings is 1. The highest BCUT2D eigenvalue weighted by atomic mass is 127. The molecule has 1 aliphatic heterocycles. The Labute approximate surface area is 163 Å². The van der Waals surface area contributed by atoms with Gasteiger partial charge in [-0.25, -0.2) is 4.79 Å². The molecule has 0 aromatic heterocycles. The first-order chi connectivity index (χ1) is 12.3. The largest absolute Gasteiger partial charge is 0.463 e. The van der Waals surface area contributed by atoms with Gasteiger partial charge in [0.2, 0.25) is 6.29 Å². The van der Waals surface area contributed by atoms with Crippen LogP contribution < -0.4 is 0 Å². The summed E-state index contributed by atoms with van der Waals surface area (Å²) in [6.45, 7) is 2.16. The number of ether oxygens (including phenoxy) is 4. The number of carbonyl (C=O) groups is 3. The lowest BCUT2D eigenvalue weighted by Crippen LogP contribution is -2.59. The Hall–Kier alpha value is -1.72. The zero-order valence-corrected chi connectivity index (χ0v) is 16.3. The van der Waals surface area contributed by atoms with Gasteiger partial charge >= 0.3 is 17.9 Å². The maximum atomic E-state index is 12.3. The minimum Gasteiger partial charge on any atom is -0.463 e. The first-order valence-corrected chi connectivity index (χ1v) is 9.08. The molecule has 1 unspecified atom stereocenters. The van der Waals surface area contributed by atoms with Crippen molar-refractivity contribution in [3.63, 3.8) is 0 Å². The topological polar surface area (TPSA) is 108 Å². The number of esters is 3. The van der Waals surface area contributed by atoms with Gasteiger partial charge in [0, 0.05) is 13.8 Å². The van der Waals surface area contributed by atoms with Crippen LogP contribution in [0.5, 0.6) is 0 Å². The van der Waals surface area contributed by atoms with E-state index in [4.69, 9.17) is 18.9 Å². The van der Waals surface area contributed by atoms with Crippen LogP contribution in [0.3, 0.4) is 0 Å². The van der Waals surface area contributed by atoms with Gasteiger partial charge in [-0.15, -0.1) is 0 Å². The van der Waals surface area contributed by atoms with E-state index in [-0.39, 0.29) is 6.61 Å². The second-order valence-electron chi connectivity index (χ2n) is 5.63. The first kappa shape index (κ1) is 20.6. The van der Waals surface area contributed by atoms with Crippen molar-refractivity contribution in [2.24, 2.45) is 0 Å². The summed E-state index contributed by atoms with van der Waals surface area (Å²) in [5, 5.41) is 10.5. The number of aliphatic hydroxyl groups is 1. The lowest BCUT2D eigenvalue weighted by Gasteiger charge is -2.41. The third kappa shape index (κ3) is 5.39. The van der Waals surface area contributed by atoms with Crippen molar-refractivity contribution in [1.29, 1.82) is 0 Å². The van der Waals surface area contributed by atoms with Crippen molar-refractivity contribution in [3.8, 4) is 0 Å². The number of halogens is 1. The zero-order valence-electron chi connectivity index (χ0n) is 14.2. The van der Waals surface area contributed by atoms with Crippen LogP contribution in [0.25, 0.3) is 0 Å². The molecule has 26 heavy (non-hydrogen) atoms. The van der Waals surface area contributed by atoms with E-state index < -0.39 is 46.4 Å². The van der Waals surface area contributed by atoms with Crippen LogP contribution in [0, 0.1) is 0 Å². The highest BCUT2D eigenvalue weighted by Crippen LogP contribution is 2.31. The molecule has 2 rings (SSSR count). The van der Waals surface area contributed by atoms with Crippen molar-refractivity contribution in [3.05, 3.63) is 35.9 Å². The third-order valence-electron chi connectivity index (χ3n) is 3.59. The van der Waals surface area contributed by atoms with E-state index in [9.17, 15) is 19.5 Å². The van der Waals surface area contributed by atoms with Crippen molar-refractivity contribution in [1.82, 2.24) is 0 Å². The molecule has 5 atom stereocenters. The summed E-state index contributed by atoms with van der Waals surface area (Å²) in [6, 6.07) is 8.28. The molecule has 142 valence electrons. The van der Waals surface area contributed by atoms with E-state index in [1.165, 1.54) is 13.8 Å². The van der Waals surface area contributed by atoms with Crippen LogP contribution in [0.15, 0.2) is 30.3 Å². The van der Waals surface area contributed by atoms with Crippen LogP contribution in [0.4, 0.5) is 0 Å². The van der Waals surface area contributed by atoms with Crippen molar-refractivity contribution in [2.45, 2.75) is 42.4 Å². The van der Waals surface area contributed by atoms with E-state index >= 15 is 0 Å². The van der Waals surface area contributed by atoms with Crippen LogP contribution >= 0.6 is 22.6 Å². The number of hydrogen-bond donors (Lipinski definition) is 1. The molecule has 0 bridgehead atoms. The van der Waals surface area contributed by atoms with Crippen molar-refractivity contribution in [2.75, 3.05) is 6.61 Å². The maximum Gasteiger partial charge on any atom is 0.338 e. The Bertz CT molecular complexity index is 649. The predicted octanol–water partition coefficient (Wildman–Crippen LogP) is 1.23. The molecule has 0 radical (unpaired) electrons.